The summed E-state index contributed by atoms with van der Waals surface area (Å²) in [5.41, 5.74) is 3.49. The molecule has 0 radical (unpaired) electrons. The summed E-state index contributed by atoms with van der Waals surface area (Å²) in [6, 6.07) is 16.0. The van der Waals surface area contributed by atoms with E-state index in [-0.39, 0.29) is 6.61 Å². The van der Waals surface area contributed by atoms with Crippen LogP contribution in [0.3, 0.4) is 0 Å². The van der Waals surface area contributed by atoms with Gasteiger partial charge in [0.1, 0.15) is 5.75 Å². The Labute approximate surface area is 160 Å². The summed E-state index contributed by atoms with van der Waals surface area (Å²) in [7, 11) is 0. The zero-order valence-corrected chi connectivity index (χ0v) is 16.1. The number of nitrogens with zero attached hydrogens (tertiary/aromatic N) is 3. The maximum absolute atomic E-state index is 5.65. The van der Waals surface area contributed by atoms with E-state index < -0.39 is 0 Å². The number of anilines is 2. The fourth-order valence-electron chi connectivity index (χ4n) is 2.88. The third kappa shape index (κ3) is 5.00. The van der Waals surface area contributed by atoms with Crippen molar-refractivity contribution in [3.05, 3.63) is 65.9 Å². The Morgan fingerprint density at radius 3 is 2.44 bits per heavy atom. The van der Waals surface area contributed by atoms with Gasteiger partial charge in [0.15, 0.2) is 6.61 Å². The van der Waals surface area contributed by atoms with Gasteiger partial charge in [-0.1, -0.05) is 18.2 Å². The van der Waals surface area contributed by atoms with Crippen LogP contribution in [0.15, 0.2) is 52.9 Å². The summed E-state index contributed by atoms with van der Waals surface area (Å²) in [5.74, 6) is 1.78. The van der Waals surface area contributed by atoms with Gasteiger partial charge >= 0.3 is 0 Å². The lowest BCUT2D eigenvalue weighted by Crippen LogP contribution is -2.21. The first-order chi connectivity index (χ1) is 13.2. The Kier molecular flexibility index (Phi) is 6.30. The number of rotatable bonds is 9. The minimum Gasteiger partial charge on any atom is -0.484 e. The average Bonchev–Trinajstić information content (AvgIpc) is 3.15. The Bertz CT molecular complexity index is 844. The van der Waals surface area contributed by atoms with Gasteiger partial charge in [-0.15, -0.1) is 10.2 Å². The molecule has 6 nitrogen and oxygen atoms in total. The van der Waals surface area contributed by atoms with Crippen LogP contribution < -0.4 is 15.0 Å². The summed E-state index contributed by atoms with van der Waals surface area (Å²) in [6.45, 7) is 9.16. The second-order valence-electron chi connectivity index (χ2n) is 6.22. The first-order valence-electron chi connectivity index (χ1n) is 9.28. The molecule has 0 atom stereocenters. The normalized spacial score (nSPS) is 10.6. The number of hydrogen-bond acceptors (Lipinski definition) is 6. The molecule has 0 aliphatic rings. The zero-order valence-electron chi connectivity index (χ0n) is 16.1. The van der Waals surface area contributed by atoms with Gasteiger partial charge in [-0.05, 0) is 56.7 Å². The summed E-state index contributed by atoms with van der Waals surface area (Å²) in [5, 5.41) is 11.5. The molecule has 1 heterocycles. The summed E-state index contributed by atoms with van der Waals surface area (Å²) < 4.78 is 11.3. The van der Waals surface area contributed by atoms with Crippen molar-refractivity contribution in [2.75, 3.05) is 23.3 Å². The van der Waals surface area contributed by atoms with Crippen molar-refractivity contribution in [2.24, 2.45) is 0 Å². The molecule has 2 aromatic carbocycles. The van der Waals surface area contributed by atoms with Crippen LogP contribution >= 0.6 is 0 Å². The smallest absolute Gasteiger partial charge is 0.253 e. The predicted octanol–water partition coefficient (Wildman–Crippen LogP) is 4.42. The van der Waals surface area contributed by atoms with Crippen LogP contribution in [-0.4, -0.2) is 23.3 Å². The first-order valence-corrected chi connectivity index (χ1v) is 9.28. The quantitative estimate of drug-likeness (QED) is 0.605. The molecule has 3 rings (SSSR count). The van der Waals surface area contributed by atoms with Gasteiger partial charge in [0.05, 0.1) is 6.54 Å². The summed E-state index contributed by atoms with van der Waals surface area (Å²) >= 11 is 0. The molecule has 0 aliphatic heterocycles. The summed E-state index contributed by atoms with van der Waals surface area (Å²) in [4.78, 5) is 2.33. The molecule has 1 N–H and O–H groups in total. The van der Waals surface area contributed by atoms with Crippen molar-refractivity contribution < 1.29 is 9.15 Å². The lowest BCUT2D eigenvalue weighted by atomic mass is 10.1. The number of ether oxygens (including phenoxy) is 1. The van der Waals surface area contributed by atoms with E-state index in [4.69, 9.17) is 9.15 Å². The highest BCUT2D eigenvalue weighted by Crippen LogP contribution is 2.23. The zero-order chi connectivity index (χ0) is 19.1. The topological polar surface area (TPSA) is 63.4 Å². The SMILES string of the molecule is CCN(CC)c1ccc(NCc2nnc(COc3ccccc3)o2)c(C)c1. The van der Waals surface area contributed by atoms with Gasteiger partial charge in [0.25, 0.3) is 5.89 Å². The molecule has 3 aromatic rings. The molecule has 0 saturated heterocycles. The number of hydrogen-bond donors (Lipinski definition) is 1. The molecular weight excluding hydrogens is 340 g/mol. The third-order valence-electron chi connectivity index (χ3n) is 4.38. The molecular formula is C21H26N4O2. The fourth-order valence-corrected chi connectivity index (χ4v) is 2.88. The number of para-hydroxylation sites is 1. The molecule has 0 unspecified atom stereocenters. The summed E-state index contributed by atoms with van der Waals surface area (Å²) in [6.07, 6.45) is 0. The Hall–Kier alpha value is -3.02. The molecule has 0 aliphatic carbocycles. The maximum atomic E-state index is 5.65. The molecule has 142 valence electrons. The van der Waals surface area contributed by atoms with Gasteiger partial charge < -0.3 is 19.4 Å². The van der Waals surface area contributed by atoms with Crippen LogP contribution in [0.2, 0.25) is 0 Å². The van der Waals surface area contributed by atoms with Gasteiger partial charge in [0, 0.05) is 24.5 Å². The molecule has 1 aromatic heterocycles. The fraction of sp³-hybridized carbons (Fsp3) is 0.333. The predicted molar refractivity (Wildman–Crippen MR) is 107 cm³/mol. The number of nitrogens with one attached hydrogen (secondary N) is 1. The van der Waals surface area contributed by atoms with Crippen molar-refractivity contribution in [1.29, 1.82) is 0 Å². The Morgan fingerprint density at radius 1 is 1.00 bits per heavy atom. The molecule has 0 bridgehead atoms. The molecule has 0 amide bonds. The van der Waals surface area contributed by atoms with Gasteiger partial charge in [0.2, 0.25) is 5.89 Å². The van der Waals surface area contributed by atoms with E-state index in [9.17, 15) is 0 Å². The van der Waals surface area contributed by atoms with Crippen LogP contribution in [-0.2, 0) is 13.2 Å². The van der Waals surface area contributed by atoms with Crippen molar-refractivity contribution in [2.45, 2.75) is 33.9 Å². The van der Waals surface area contributed by atoms with E-state index in [0.29, 0.717) is 18.3 Å². The molecule has 0 fully saturated rings. The van der Waals surface area contributed by atoms with Gasteiger partial charge in [-0.2, -0.15) is 0 Å². The van der Waals surface area contributed by atoms with E-state index in [1.54, 1.807) is 0 Å². The van der Waals surface area contributed by atoms with E-state index in [1.165, 1.54) is 11.3 Å². The average molecular weight is 366 g/mol. The van der Waals surface area contributed by atoms with Crippen molar-refractivity contribution in [3.8, 4) is 5.75 Å². The monoisotopic (exact) mass is 366 g/mol. The Balaban J connectivity index is 1.55. The van der Waals surface area contributed by atoms with Crippen LogP contribution in [0.5, 0.6) is 5.75 Å². The second-order valence-corrected chi connectivity index (χ2v) is 6.22. The highest BCUT2D eigenvalue weighted by Gasteiger charge is 2.09. The van der Waals surface area contributed by atoms with Crippen LogP contribution in [0, 0.1) is 6.92 Å². The lowest BCUT2D eigenvalue weighted by molar-refractivity contribution is 0.259. The maximum Gasteiger partial charge on any atom is 0.253 e. The van der Waals surface area contributed by atoms with Crippen molar-refractivity contribution in [1.82, 2.24) is 10.2 Å². The van der Waals surface area contributed by atoms with Crippen molar-refractivity contribution >= 4 is 11.4 Å². The minimum atomic E-state index is 0.259. The van der Waals surface area contributed by atoms with Crippen LogP contribution in [0.1, 0.15) is 31.2 Å². The van der Waals surface area contributed by atoms with Crippen LogP contribution in [0.25, 0.3) is 0 Å². The standard InChI is InChI=1S/C21H26N4O2/c1-4-25(5-2)17-11-12-19(16(3)13-17)22-14-20-23-24-21(27-20)15-26-18-9-7-6-8-10-18/h6-13,22H,4-5,14-15H2,1-3H3. The first kappa shape index (κ1) is 18.8. The number of aryl methyl sites for hydroxylation is 1. The van der Waals surface area contributed by atoms with Gasteiger partial charge in [-0.3, -0.25) is 0 Å². The molecule has 27 heavy (non-hydrogen) atoms. The largest absolute Gasteiger partial charge is 0.484 e. The van der Waals surface area contributed by atoms with Crippen LogP contribution in [0.4, 0.5) is 11.4 Å². The van der Waals surface area contributed by atoms with Gasteiger partial charge in [-0.25, -0.2) is 0 Å². The highest BCUT2D eigenvalue weighted by molar-refractivity contribution is 5.60. The second kappa shape index (κ2) is 9.07. The van der Waals surface area contributed by atoms with E-state index >= 15 is 0 Å². The van der Waals surface area contributed by atoms with E-state index in [1.807, 2.05) is 30.3 Å². The number of benzene rings is 2. The molecule has 6 heteroatoms. The van der Waals surface area contributed by atoms with Crippen molar-refractivity contribution in [3.63, 3.8) is 0 Å². The lowest BCUT2D eigenvalue weighted by Gasteiger charge is -2.22. The van der Waals surface area contributed by atoms with E-state index in [0.717, 1.165) is 24.5 Å². The third-order valence-corrected chi connectivity index (χ3v) is 4.38. The highest BCUT2D eigenvalue weighted by atomic mass is 16.5. The molecule has 0 spiro atoms. The minimum absolute atomic E-state index is 0.259. The Morgan fingerprint density at radius 2 is 1.74 bits per heavy atom. The molecule has 0 saturated carbocycles. The van der Waals surface area contributed by atoms with E-state index in [2.05, 4.69) is 59.4 Å². The number of aromatic nitrogens is 2.